The maximum absolute atomic E-state index is 14.4. The van der Waals surface area contributed by atoms with Crippen molar-refractivity contribution >= 4 is 33.8 Å². The monoisotopic (exact) mass is 589 g/mol. The Labute approximate surface area is 232 Å². The summed E-state index contributed by atoms with van der Waals surface area (Å²) in [5.74, 6) is -2.63. The van der Waals surface area contributed by atoms with Gasteiger partial charge < -0.3 is 18.9 Å². The predicted octanol–water partition coefficient (Wildman–Crippen LogP) is 5.10. The second-order valence-corrected chi connectivity index (χ2v) is 12.2. The average Bonchev–Trinajstić information content (AvgIpc) is 3.19. The van der Waals surface area contributed by atoms with Gasteiger partial charge in [-0.1, -0.05) is 40.2 Å². The van der Waals surface area contributed by atoms with Crippen LogP contribution in [0.15, 0.2) is 53.0 Å². The summed E-state index contributed by atoms with van der Waals surface area (Å²) in [5, 5.41) is 3.25. The Morgan fingerprint density at radius 1 is 0.789 bits per heavy atom. The van der Waals surface area contributed by atoms with Crippen molar-refractivity contribution in [2.45, 2.75) is 70.7 Å². The van der Waals surface area contributed by atoms with Crippen LogP contribution in [0, 0.1) is 5.41 Å². The molecule has 8 nitrogen and oxygen atoms in total. The lowest BCUT2D eigenvalue weighted by Gasteiger charge is -2.39. The highest BCUT2D eigenvalue weighted by molar-refractivity contribution is 9.10. The first kappa shape index (κ1) is 29.6. The molecule has 1 N–H and O–H groups in total. The number of benzene rings is 2. The van der Waals surface area contributed by atoms with E-state index in [9.17, 15) is 14.4 Å². The van der Waals surface area contributed by atoms with Crippen LogP contribution in [0.25, 0.3) is 0 Å². The number of carbonyl (C=O) groups excluding carboxylic acids is 3. The number of hydrogen-bond acceptors (Lipinski definition) is 8. The zero-order chi connectivity index (χ0) is 28.5. The van der Waals surface area contributed by atoms with Gasteiger partial charge in [-0.25, -0.2) is 0 Å². The molecule has 0 saturated carbocycles. The zero-order valence-electron chi connectivity index (χ0n) is 23.1. The maximum Gasteiger partial charge on any atom is 0.326 e. The zero-order valence-corrected chi connectivity index (χ0v) is 24.7. The van der Waals surface area contributed by atoms with Gasteiger partial charge in [0.2, 0.25) is 0 Å². The van der Waals surface area contributed by atoms with Gasteiger partial charge >= 0.3 is 17.9 Å². The number of rotatable bonds is 6. The van der Waals surface area contributed by atoms with E-state index in [0.717, 1.165) is 4.47 Å². The Kier molecular flexibility index (Phi) is 8.63. The molecule has 2 aromatic carbocycles. The van der Waals surface area contributed by atoms with Crippen molar-refractivity contribution in [3.63, 3.8) is 0 Å². The van der Waals surface area contributed by atoms with Crippen molar-refractivity contribution in [3.8, 4) is 5.75 Å². The molecule has 0 amide bonds. The number of ether oxygens (including phenoxy) is 4. The molecule has 206 valence electrons. The molecular formula is C29H36BrNO7. The fraction of sp³-hybridized carbons (Fsp3) is 0.483. The molecule has 3 atom stereocenters. The van der Waals surface area contributed by atoms with Crippen molar-refractivity contribution in [3.05, 3.63) is 64.1 Å². The maximum atomic E-state index is 14.4. The highest BCUT2D eigenvalue weighted by atomic mass is 79.9. The first-order valence-electron chi connectivity index (χ1n) is 12.3. The summed E-state index contributed by atoms with van der Waals surface area (Å²) in [6.45, 7) is 10.4. The van der Waals surface area contributed by atoms with Gasteiger partial charge in [-0.3, -0.25) is 19.7 Å². The lowest BCUT2D eigenvalue weighted by molar-refractivity contribution is -0.188. The van der Waals surface area contributed by atoms with Gasteiger partial charge in [0.25, 0.3) is 0 Å². The van der Waals surface area contributed by atoms with Crippen molar-refractivity contribution < 1.29 is 33.3 Å². The van der Waals surface area contributed by atoms with Crippen LogP contribution < -0.4 is 10.1 Å². The van der Waals surface area contributed by atoms with Crippen LogP contribution in [-0.2, 0) is 28.6 Å². The third-order valence-corrected chi connectivity index (χ3v) is 6.76. The van der Waals surface area contributed by atoms with E-state index in [4.69, 9.17) is 18.9 Å². The number of esters is 3. The first-order valence-corrected chi connectivity index (χ1v) is 13.1. The molecule has 3 rings (SSSR count). The Balaban J connectivity index is 2.40. The summed E-state index contributed by atoms with van der Waals surface area (Å²) in [6, 6.07) is 12.0. The summed E-state index contributed by atoms with van der Waals surface area (Å²) < 4.78 is 23.1. The standard InChI is InChI=1S/C29H36BrNO7/c1-27(2,3)37-25(33)29(26(34)38-28(4,5)6)21(17-9-13-19(30)14-10-17)22(24(32)36-8)31-23(29)18-11-15-20(35-7)16-12-18/h9-16,21-23,31H,1-8H3/t21-,22+,23+/m1/s1. The quantitative estimate of drug-likeness (QED) is 0.282. The number of halogens is 1. The molecule has 0 spiro atoms. The largest absolute Gasteiger partial charge is 0.497 e. The van der Waals surface area contributed by atoms with Crippen LogP contribution in [0.4, 0.5) is 0 Å². The minimum atomic E-state index is -1.98. The van der Waals surface area contributed by atoms with E-state index in [-0.39, 0.29) is 0 Å². The average molecular weight is 591 g/mol. The minimum Gasteiger partial charge on any atom is -0.497 e. The Morgan fingerprint density at radius 2 is 1.26 bits per heavy atom. The van der Waals surface area contributed by atoms with Gasteiger partial charge in [-0.15, -0.1) is 0 Å². The summed E-state index contributed by atoms with van der Waals surface area (Å²) in [6.07, 6.45) is 0. The van der Waals surface area contributed by atoms with E-state index in [1.54, 1.807) is 97.2 Å². The predicted molar refractivity (Wildman–Crippen MR) is 146 cm³/mol. The van der Waals surface area contributed by atoms with Crippen LogP contribution in [-0.4, -0.2) is 49.4 Å². The van der Waals surface area contributed by atoms with Gasteiger partial charge in [0, 0.05) is 10.4 Å². The summed E-state index contributed by atoms with van der Waals surface area (Å²) in [5.41, 5.74) is -2.68. The Bertz CT molecular complexity index is 1140. The van der Waals surface area contributed by atoms with Gasteiger partial charge in [0.05, 0.1) is 20.3 Å². The van der Waals surface area contributed by atoms with Crippen LogP contribution in [0.5, 0.6) is 5.75 Å². The van der Waals surface area contributed by atoms with Gasteiger partial charge in [0.1, 0.15) is 23.0 Å². The van der Waals surface area contributed by atoms with Crippen molar-refractivity contribution in [1.29, 1.82) is 0 Å². The highest BCUT2D eigenvalue weighted by Crippen LogP contribution is 2.56. The molecule has 2 aromatic rings. The second kappa shape index (κ2) is 11.1. The van der Waals surface area contributed by atoms with Gasteiger partial charge in [-0.05, 0) is 76.9 Å². The van der Waals surface area contributed by atoms with E-state index >= 15 is 0 Å². The molecule has 0 aliphatic carbocycles. The van der Waals surface area contributed by atoms with Crippen LogP contribution in [0.1, 0.15) is 64.6 Å². The Hall–Kier alpha value is -2.91. The molecule has 1 fully saturated rings. The Morgan fingerprint density at radius 3 is 1.68 bits per heavy atom. The molecule has 1 saturated heterocycles. The third-order valence-electron chi connectivity index (χ3n) is 6.23. The minimum absolute atomic E-state index is 0.573. The van der Waals surface area contributed by atoms with E-state index < -0.39 is 52.5 Å². The molecule has 0 unspecified atom stereocenters. The lowest BCUT2D eigenvalue weighted by Crippen LogP contribution is -2.52. The van der Waals surface area contributed by atoms with Gasteiger partial charge in [-0.2, -0.15) is 0 Å². The normalized spacial score (nSPS) is 20.9. The number of methoxy groups -OCH3 is 2. The van der Waals surface area contributed by atoms with E-state index in [0.29, 0.717) is 16.9 Å². The van der Waals surface area contributed by atoms with Crippen molar-refractivity contribution in [2.24, 2.45) is 5.41 Å². The fourth-order valence-corrected chi connectivity index (χ4v) is 5.02. The van der Waals surface area contributed by atoms with E-state index in [1.165, 1.54) is 7.11 Å². The molecule has 1 aliphatic rings. The van der Waals surface area contributed by atoms with Crippen LogP contribution >= 0.6 is 15.9 Å². The molecule has 9 heteroatoms. The third kappa shape index (κ3) is 6.04. The molecule has 38 heavy (non-hydrogen) atoms. The van der Waals surface area contributed by atoms with E-state index in [1.807, 2.05) is 0 Å². The van der Waals surface area contributed by atoms with Crippen LogP contribution in [0.2, 0.25) is 0 Å². The molecule has 0 aromatic heterocycles. The van der Waals surface area contributed by atoms with Crippen molar-refractivity contribution in [1.82, 2.24) is 5.32 Å². The van der Waals surface area contributed by atoms with Crippen molar-refractivity contribution in [2.75, 3.05) is 14.2 Å². The number of hydrogen-bond donors (Lipinski definition) is 1. The molecule has 1 aliphatic heterocycles. The SMILES string of the molecule is COC(=O)[C@H]1N[C@@H](c2ccc(OC)cc2)C(C(=O)OC(C)(C)C)(C(=O)OC(C)(C)C)[C@@H]1c1ccc(Br)cc1. The molecular weight excluding hydrogens is 554 g/mol. The smallest absolute Gasteiger partial charge is 0.326 e. The fourth-order valence-electron chi connectivity index (χ4n) is 4.76. The first-order chi connectivity index (χ1) is 17.6. The topological polar surface area (TPSA) is 100 Å². The van der Waals surface area contributed by atoms with Gasteiger partial charge in [0.15, 0.2) is 5.41 Å². The molecule has 0 bridgehead atoms. The number of nitrogens with one attached hydrogen (secondary N) is 1. The highest BCUT2D eigenvalue weighted by Gasteiger charge is 2.69. The van der Waals surface area contributed by atoms with Crippen LogP contribution in [0.3, 0.4) is 0 Å². The summed E-state index contributed by atoms with van der Waals surface area (Å²) >= 11 is 3.44. The lowest BCUT2D eigenvalue weighted by atomic mass is 9.66. The number of carbonyl (C=O) groups is 3. The van der Waals surface area contributed by atoms with E-state index in [2.05, 4.69) is 21.2 Å². The molecule has 0 radical (unpaired) electrons. The molecule has 1 heterocycles. The summed E-state index contributed by atoms with van der Waals surface area (Å²) in [7, 11) is 2.82. The summed E-state index contributed by atoms with van der Waals surface area (Å²) in [4.78, 5) is 42.0. The second-order valence-electron chi connectivity index (χ2n) is 11.3.